The Morgan fingerprint density at radius 2 is 1.37 bits per heavy atom. The molecule has 2 unspecified atom stereocenters. The van der Waals surface area contributed by atoms with Gasteiger partial charge in [-0.2, -0.15) is 0 Å². The standard InChI is InChI=1S/C12H25NO6/c1-9(15-3)5-17-7-11(19-12(13)14)8-18-6-10(2)16-4/h9-11H,5-8H2,1-4H3,(H2,13,14). The molecule has 0 heterocycles. The van der Waals surface area contributed by atoms with Crippen LogP contribution in [0.4, 0.5) is 4.79 Å². The first-order valence-corrected chi connectivity index (χ1v) is 6.16. The Balaban J connectivity index is 3.91. The molecule has 0 aliphatic rings. The van der Waals surface area contributed by atoms with E-state index in [4.69, 9.17) is 29.4 Å². The molecule has 0 spiro atoms. The first-order chi connectivity index (χ1) is 8.99. The minimum absolute atomic E-state index is 0.0244. The maximum atomic E-state index is 10.8. The molecule has 0 fully saturated rings. The second-order valence-corrected chi connectivity index (χ2v) is 4.23. The Hall–Kier alpha value is -0.890. The summed E-state index contributed by atoms with van der Waals surface area (Å²) in [6.45, 7) is 4.98. The van der Waals surface area contributed by atoms with Gasteiger partial charge in [-0.05, 0) is 13.8 Å². The first-order valence-electron chi connectivity index (χ1n) is 6.16. The van der Waals surface area contributed by atoms with Gasteiger partial charge in [0.1, 0.15) is 0 Å². The zero-order valence-corrected chi connectivity index (χ0v) is 12.1. The number of rotatable bonds is 11. The van der Waals surface area contributed by atoms with Crippen LogP contribution in [0.1, 0.15) is 13.8 Å². The Labute approximate surface area is 114 Å². The van der Waals surface area contributed by atoms with E-state index < -0.39 is 12.2 Å². The molecule has 19 heavy (non-hydrogen) atoms. The van der Waals surface area contributed by atoms with Crippen molar-refractivity contribution in [2.45, 2.75) is 32.2 Å². The van der Waals surface area contributed by atoms with E-state index in [1.165, 1.54) is 0 Å². The average Bonchev–Trinajstić information content (AvgIpc) is 2.37. The van der Waals surface area contributed by atoms with Crippen LogP contribution in [0.25, 0.3) is 0 Å². The summed E-state index contributed by atoms with van der Waals surface area (Å²) < 4.78 is 25.7. The lowest BCUT2D eigenvalue weighted by atomic mass is 10.4. The van der Waals surface area contributed by atoms with Crippen molar-refractivity contribution in [2.75, 3.05) is 40.6 Å². The Bertz CT molecular complexity index is 222. The number of carbonyl (C=O) groups is 1. The van der Waals surface area contributed by atoms with Crippen LogP contribution in [0, 0.1) is 0 Å². The Morgan fingerprint density at radius 3 is 1.68 bits per heavy atom. The van der Waals surface area contributed by atoms with Crippen LogP contribution in [0.3, 0.4) is 0 Å². The van der Waals surface area contributed by atoms with Crippen LogP contribution in [-0.4, -0.2) is 65.1 Å². The van der Waals surface area contributed by atoms with Crippen molar-refractivity contribution in [1.82, 2.24) is 0 Å². The normalized spacial score (nSPS) is 15.8. The largest absolute Gasteiger partial charge is 0.441 e. The van der Waals surface area contributed by atoms with Gasteiger partial charge in [0.25, 0.3) is 0 Å². The SMILES string of the molecule is COC(C)COCC(COCC(C)OC)OC(N)=O. The van der Waals surface area contributed by atoms with Crippen LogP contribution < -0.4 is 5.73 Å². The van der Waals surface area contributed by atoms with Gasteiger partial charge in [0.15, 0.2) is 6.10 Å². The van der Waals surface area contributed by atoms with Crippen LogP contribution >= 0.6 is 0 Å². The first kappa shape index (κ1) is 18.1. The molecule has 2 N–H and O–H groups in total. The molecular formula is C12H25NO6. The third-order valence-corrected chi connectivity index (χ3v) is 2.40. The van der Waals surface area contributed by atoms with Gasteiger partial charge in [0, 0.05) is 14.2 Å². The number of primary amides is 1. The molecule has 0 radical (unpaired) electrons. The minimum Gasteiger partial charge on any atom is -0.441 e. The third-order valence-electron chi connectivity index (χ3n) is 2.40. The Kier molecular flexibility index (Phi) is 10.5. The highest BCUT2D eigenvalue weighted by atomic mass is 16.6. The van der Waals surface area contributed by atoms with E-state index in [0.29, 0.717) is 13.2 Å². The topological polar surface area (TPSA) is 89.2 Å². The smallest absolute Gasteiger partial charge is 0.404 e. The summed E-state index contributed by atoms with van der Waals surface area (Å²) in [4.78, 5) is 10.8. The van der Waals surface area contributed by atoms with Crippen molar-refractivity contribution < 1.29 is 28.5 Å². The second kappa shape index (κ2) is 11.0. The number of amides is 1. The summed E-state index contributed by atoms with van der Waals surface area (Å²) in [5.41, 5.74) is 4.99. The molecule has 7 heteroatoms. The van der Waals surface area contributed by atoms with Crippen molar-refractivity contribution >= 4 is 6.09 Å². The zero-order chi connectivity index (χ0) is 14.7. The lowest BCUT2D eigenvalue weighted by Gasteiger charge is -2.19. The van der Waals surface area contributed by atoms with Gasteiger partial charge >= 0.3 is 6.09 Å². The van der Waals surface area contributed by atoms with E-state index in [1.54, 1.807) is 14.2 Å². The lowest BCUT2D eigenvalue weighted by molar-refractivity contribution is -0.0601. The van der Waals surface area contributed by atoms with Crippen LogP contribution in [0.15, 0.2) is 0 Å². The summed E-state index contributed by atoms with van der Waals surface area (Å²) in [6, 6.07) is 0. The van der Waals surface area contributed by atoms with Crippen molar-refractivity contribution in [3.05, 3.63) is 0 Å². The van der Waals surface area contributed by atoms with E-state index in [0.717, 1.165) is 0 Å². The number of nitrogens with two attached hydrogens (primary N) is 1. The van der Waals surface area contributed by atoms with E-state index in [2.05, 4.69) is 0 Å². The lowest BCUT2D eigenvalue weighted by Crippen LogP contribution is -2.33. The predicted octanol–water partition coefficient (Wildman–Crippen LogP) is 0.553. The maximum Gasteiger partial charge on any atom is 0.404 e. The molecule has 114 valence electrons. The summed E-state index contributed by atoms with van der Waals surface area (Å²) in [6.07, 6.45) is -1.44. The average molecular weight is 279 g/mol. The highest BCUT2D eigenvalue weighted by Crippen LogP contribution is 1.99. The molecule has 0 aromatic carbocycles. The van der Waals surface area contributed by atoms with Gasteiger partial charge in [-0.1, -0.05) is 0 Å². The fourth-order valence-electron chi connectivity index (χ4n) is 1.15. The molecule has 0 aromatic heterocycles. The molecule has 1 amide bonds. The Morgan fingerprint density at radius 1 is 0.947 bits per heavy atom. The highest BCUT2D eigenvalue weighted by molar-refractivity contribution is 5.64. The van der Waals surface area contributed by atoms with Crippen molar-refractivity contribution in [2.24, 2.45) is 5.73 Å². The van der Waals surface area contributed by atoms with E-state index >= 15 is 0 Å². The number of ether oxygens (including phenoxy) is 5. The van der Waals surface area contributed by atoms with Crippen molar-refractivity contribution in [3.8, 4) is 0 Å². The molecule has 0 rings (SSSR count). The molecule has 0 aromatic rings. The van der Waals surface area contributed by atoms with Gasteiger partial charge in [0.2, 0.25) is 0 Å². The number of methoxy groups -OCH3 is 2. The molecule has 2 atom stereocenters. The number of carbonyl (C=O) groups excluding carboxylic acids is 1. The van der Waals surface area contributed by atoms with Gasteiger partial charge in [-0.15, -0.1) is 0 Å². The minimum atomic E-state index is -0.850. The fraction of sp³-hybridized carbons (Fsp3) is 0.917. The van der Waals surface area contributed by atoms with Gasteiger partial charge < -0.3 is 29.4 Å². The van der Waals surface area contributed by atoms with Gasteiger partial charge in [0.05, 0.1) is 38.6 Å². The number of hydrogen-bond acceptors (Lipinski definition) is 6. The molecular weight excluding hydrogens is 254 g/mol. The van der Waals surface area contributed by atoms with Crippen LogP contribution in [0.2, 0.25) is 0 Å². The van der Waals surface area contributed by atoms with Gasteiger partial charge in [-0.25, -0.2) is 4.79 Å². The second-order valence-electron chi connectivity index (χ2n) is 4.23. The summed E-state index contributed by atoms with van der Waals surface area (Å²) in [5, 5.41) is 0. The monoisotopic (exact) mass is 279 g/mol. The van der Waals surface area contributed by atoms with E-state index in [-0.39, 0.29) is 25.4 Å². The zero-order valence-electron chi connectivity index (χ0n) is 12.1. The maximum absolute atomic E-state index is 10.8. The molecule has 7 nitrogen and oxygen atoms in total. The molecule has 0 aliphatic heterocycles. The predicted molar refractivity (Wildman–Crippen MR) is 69.0 cm³/mol. The molecule has 0 saturated carbocycles. The van der Waals surface area contributed by atoms with Crippen LogP contribution in [-0.2, 0) is 23.7 Å². The quantitative estimate of drug-likeness (QED) is 0.594. The fourth-order valence-corrected chi connectivity index (χ4v) is 1.15. The third kappa shape index (κ3) is 10.7. The van der Waals surface area contributed by atoms with Gasteiger partial charge in [-0.3, -0.25) is 0 Å². The summed E-state index contributed by atoms with van der Waals surface area (Å²) >= 11 is 0. The van der Waals surface area contributed by atoms with E-state index in [1.807, 2.05) is 13.8 Å². The molecule has 0 bridgehead atoms. The van der Waals surface area contributed by atoms with Crippen molar-refractivity contribution in [3.63, 3.8) is 0 Å². The van der Waals surface area contributed by atoms with Crippen molar-refractivity contribution in [1.29, 1.82) is 0 Å². The summed E-state index contributed by atoms with van der Waals surface area (Å²) in [5.74, 6) is 0. The summed E-state index contributed by atoms with van der Waals surface area (Å²) in [7, 11) is 3.20. The number of hydrogen-bond donors (Lipinski definition) is 1. The molecule has 0 aliphatic carbocycles. The highest BCUT2D eigenvalue weighted by Gasteiger charge is 2.14. The van der Waals surface area contributed by atoms with E-state index in [9.17, 15) is 4.79 Å². The molecule has 0 saturated heterocycles. The van der Waals surface area contributed by atoms with Crippen LogP contribution in [0.5, 0.6) is 0 Å².